The van der Waals surface area contributed by atoms with Crippen LogP contribution in [0.1, 0.15) is 30.7 Å². The number of rotatable bonds is 7. The Hall–Kier alpha value is -3.33. The van der Waals surface area contributed by atoms with E-state index in [1.807, 2.05) is 13.8 Å². The van der Waals surface area contributed by atoms with Crippen molar-refractivity contribution in [3.8, 4) is 5.69 Å². The monoisotopic (exact) mass is 459 g/mol. The van der Waals surface area contributed by atoms with Crippen molar-refractivity contribution in [3.05, 3.63) is 58.9 Å². The van der Waals surface area contributed by atoms with E-state index in [0.29, 0.717) is 27.8 Å². The van der Waals surface area contributed by atoms with Gasteiger partial charge in [0.1, 0.15) is 11.3 Å². The minimum absolute atomic E-state index is 0.0943. The number of carboxylic acids is 1. The molecule has 4 aromatic rings. The molecule has 0 saturated heterocycles. The van der Waals surface area contributed by atoms with Crippen molar-refractivity contribution in [1.82, 2.24) is 14.8 Å². The molecule has 0 aliphatic rings. The number of halogens is 3. The van der Waals surface area contributed by atoms with Gasteiger partial charge >= 0.3 is 5.97 Å². The van der Waals surface area contributed by atoms with Crippen LogP contribution in [0.4, 0.5) is 13.2 Å². The predicted octanol–water partition coefficient (Wildman–Crippen LogP) is 4.98. The first-order valence-corrected chi connectivity index (χ1v) is 10.4. The molecule has 0 bridgehead atoms. The van der Waals surface area contributed by atoms with E-state index in [2.05, 4.69) is 10.2 Å². The fourth-order valence-electron chi connectivity index (χ4n) is 4.52. The molecule has 1 atom stereocenters. The van der Waals surface area contributed by atoms with Gasteiger partial charge in [0.25, 0.3) is 0 Å². The summed E-state index contributed by atoms with van der Waals surface area (Å²) in [4.78, 5) is 11.4. The van der Waals surface area contributed by atoms with Gasteiger partial charge in [0.15, 0.2) is 5.82 Å². The summed E-state index contributed by atoms with van der Waals surface area (Å²) in [6.45, 7) is 5.50. The molecular formula is C24H24F3N3O3. The highest BCUT2D eigenvalue weighted by Crippen LogP contribution is 2.41. The molecule has 2 aromatic carbocycles. The zero-order valence-electron chi connectivity index (χ0n) is 18.7. The second-order valence-electron chi connectivity index (χ2n) is 8.84. The normalized spacial score (nSPS) is 13.2. The van der Waals surface area contributed by atoms with Gasteiger partial charge in [-0.05, 0) is 42.3 Å². The Balaban J connectivity index is 2.20. The smallest absolute Gasteiger partial charge is 0.338 e. The van der Waals surface area contributed by atoms with E-state index in [1.165, 1.54) is 19.4 Å². The fourth-order valence-corrected chi connectivity index (χ4v) is 4.52. The zero-order valence-corrected chi connectivity index (χ0v) is 18.7. The molecule has 2 N–H and O–H groups in total. The quantitative estimate of drug-likeness (QED) is 0.408. The van der Waals surface area contributed by atoms with Crippen molar-refractivity contribution < 1.29 is 27.8 Å². The summed E-state index contributed by atoms with van der Waals surface area (Å²) in [5, 5.41) is 16.4. The van der Waals surface area contributed by atoms with Gasteiger partial charge in [-0.2, -0.15) is 5.10 Å². The SMILES string of the molecule is COCC(C)(C)c1c(C[C@H](F)C(=O)O)c2c(F)c3[nH]ncc3cc2n1-c1ccc(F)c(C)c1. The molecule has 0 aliphatic heterocycles. The summed E-state index contributed by atoms with van der Waals surface area (Å²) in [5.74, 6) is -2.68. The maximum Gasteiger partial charge on any atom is 0.338 e. The molecule has 0 radical (unpaired) electrons. The summed E-state index contributed by atoms with van der Waals surface area (Å²) in [6, 6.07) is 6.19. The standard InChI is InChI=1S/C24H24F3N3O3/c1-12-7-14(5-6-16(12)25)30-18-8-13-10-28-29-21(13)20(27)19(18)15(9-17(26)23(31)32)22(30)24(2,3)11-33-4/h5-8,10,17H,9,11H2,1-4H3,(H,28,29)(H,31,32)/t17-/m0/s1. The molecule has 0 fully saturated rings. The number of aryl methyl sites for hydroxylation is 1. The largest absolute Gasteiger partial charge is 0.479 e. The average Bonchev–Trinajstić information content (AvgIpc) is 3.33. The number of hydrogen-bond donors (Lipinski definition) is 2. The molecule has 6 nitrogen and oxygen atoms in total. The van der Waals surface area contributed by atoms with Crippen molar-refractivity contribution in [2.24, 2.45) is 0 Å². The molecule has 2 heterocycles. The maximum atomic E-state index is 15.8. The number of aromatic nitrogens is 3. The van der Waals surface area contributed by atoms with Crippen LogP contribution in [0.25, 0.3) is 27.5 Å². The third-order valence-electron chi connectivity index (χ3n) is 5.91. The second-order valence-corrected chi connectivity index (χ2v) is 8.84. The van der Waals surface area contributed by atoms with Crippen molar-refractivity contribution in [1.29, 1.82) is 0 Å². The number of nitrogens with one attached hydrogen (secondary N) is 1. The van der Waals surface area contributed by atoms with Gasteiger partial charge in [-0.1, -0.05) is 13.8 Å². The third kappa shape index (κ3) is 3.76. The van der Waals surface area contributed by atoms with Crippen molar-refractivity contribution in [2.75, 3.05) is 13.7 Å². The Kier molecular flexibility index (Phi) is 5.69. The molecule has 2 aromatic heterocycles. The van der Waals surface area contributed by atoms with Crippen molar-refractivity contribution in [2.45, 2.75) is 38.8 Å². The van der Waals surface area contributed by atoms with E-state index in [4.69, 9.17) is 4.74 Å². The van der Waals surface area contributed by atoms with E-state index >= 15 is 4.39 Å². The molecule has 4 rings (SSSR count). The maximum absolute atomic E-state index is 15.8. The lowest BCUT2D eigenvalue weighted by Crippen LogP contribution is -2.29. The highest BCUT2D eigenvalue weighted by Gasteiger charge is 2.35. The number of H-pyrrole nitrogens is 1. The van der Waals surface area contributed by atoms with Gasteiger partial charge in [-0.25, -0.2) is 18.0 Å². The summed E-state index contributed by atoms with van der Waals surface area (Å²) in [5.41, 5.74) is 1.40. The Morgan fingerprint density at radius 3 is 2.67 bits per heavy atom. The van der Waals surface area contributed by atoms with Crippen LogP contribution in [-0.4, -0.2) is 45.7 Å². The number of methoxy groups -OCH3 is 1. The van der Waals surface area contributed by atoms with Crippen LogP contribution in [0.3, 0.4) is 0 Å². The van der Waals surface area contributed by atoms with Crippen LogP contribution in [0.5, 0.6) is 0 Å². The highest BCUT2D eigenvalue weighted by molar-refractivity contribution is 6.00. The van der Waals surface area contributed by atoms with E-state index in [1.54, 1.807) is 29.7 Å². The van der Waals surface area contributed by atoms with Crippen molar-refractivity contribution >= 4 is 27.8 Å². The van der Waals surface area contributed by atoms with Crippen molar-refractivity contribution in [3.63, 3.8) is 0 Å². The van der Waals surface area contributed by atoms with E-state index in [0.717, 1.165) is 0 Å². The first kappa shape index (κ1) is 22.8. The number of hydrogen-bond acceptors (Lipinski definition) is 3. The van der Waals surface area contributed by atoms with Gasteiger partial charge in [0.2, 0.25) is 6.17 Å². The number of carboxylic acid groups (broad SMARTS) is 1. The molecule has 174 valence electrons. The summed E-state index contributed by atoms with van der Waals surface area (Å²) in [7, 11) is 1.52. The van der Waals surface area contributed by atoms with E-state index in [-0.39, 0.29) is 23.1 Å². The number of benzene rings is 2. The van der Waals surface area contributed by atoms with E-state index in [9.17, 15) is 18.7 Å². The van der Waals surface area contributed by atoms with Gasteiger partial charge < -0.3 is 14.4 Å². The topological polar surface area (TPSA) is 80.1 Å². The Bertz CT molecular complexity index is 1370. The number of aliphatic carboxylic acids is 1. The minimum atomic E-state index is -2.24. The van der Waals surface area contributed by atoms with Crippen LogP contribution in [-0.2, 0) is 21.4 Å². The van der Waals surface area contributed by atoms with Crippen LogP contribution in [0.2, 0.25) is 0 Å². The van der Waals surface area contributed by atoms with E-state index < -0.39 is 35.6 Å². The Morgan fingerprint density at radius 2 is 2.03 bits per heavy atom. The third-order valence-corrected chi connectivity index (χ3v) is 5.91. The summed E-state index contributed by atoms with van der Waals surface area (Å²) < 4.78 is 51.6. The lowest BCUT2D eigenvalue weighted by Gasteiger charge is -2.28. The first-order valence-electron chi connectivity index (χ1n) is 10.4. The second kappa shape index (κ2) is 8.22. The number of carbonyl (C=O) groups is 1. The fraction of sp³-hybridized carbons (Fsp3) is 0.333. The zero-order chi connectivity index (χ0) is 24.1. The first-order chi connectivity index (χ1) is 15.6. The van der Waals surface area contributed by atoms with Gasteiger partial charge in [-0.3, -0.25) is 5.10 Å². The summed E-state index contributed by atoms with van der Waals surface area (Å²) >= 11 is 0. The number of ether oxygens (including phenoxy) is 1. The van der Waals surface area contributed by atoms with Gasteiger partial charge in [-0.15, -0.1) is 0 Å². The van der Waals surface area contributed by atoms with Gasteiger partial charge in [0, 0.05) is 41.1 Å². The van der Waals surface area contributed by atoms with Crippen LogP contribution in [0.15, 0.2) is 30.5 Å². The Labute approximate surface area is 188 Å². The summed E-state index contributed by atoms with van der Waals surface area (Å²) in [6.07, 6.45) is -1.31. The van der Waals surface area contributed by atoms with Crippen LogP contribution >= 0.6 is 0 Å². The van der Waals surface area contributed by atoms with Crippen LogP contribution < -0.4 is 0 Å². The number of alkyl halides is 1. The molecule has 9 heteroatoms. The Morgan fingerprint density at radius 1 is 1.30 bits per heavy atom. The number of fused-ring (bicyclic) bond motifs is 2. The molecule has 0 unspecified atom stereocenters. The predicted molar refractivity (Wildman–Crippen MR) is 119 cm³/mol. The lowest BCUT2D eigenvalue weighted by atomic mass is 9.85. The lowest BCUT2D eigenvalue weighted by molar-refractivity contribution is -0.142. The minimum Gasteiger partial charge on any atom is -0.479 e. The number of aromatic amines is 1. The van der Waals surface area contributed by atoms with Gasteiger partial charge in [0.05, 0.1) is 18.3 Å². The molecule has 0 amide bonds. The molecule has 0 spiro atoms. The molecule has 0 aliphatic carbocycles. The highest BCUT2D eigenvalue weighted by atomic mass is 19.1. The molecular weight excluding hydrogens is 435 g/mol. The molecule has 0 saturated carbocycles. The van der Waals surface area contributed by atoms with Crippen LogP contribution in [0, 0.1) is 18.6 Å². The average molecular weight is 459 g/mol. The number of nitrogens with zero attached hydrogens (tertiary/aromatic N) is 2. The molecule has 33 heavy (non-hydrogen) atoms.